The maximum atomic E-state index is 12.7. The zero-order valence-electron chi connectivity index (χ0n) is 9.04. The Labute approximate surface area is 100 Å². The molecule has 0 aliphatic heterocycles. The van der Waals surface area contributed by atoms with Crippen LogP contribution in [0.2, 0.25) is 0 Å². The van der Waals surface area contributed by atoms with Gasteiger partial charge < -0.3 is 5.11 Å². The van der Waals surface area contributed by atoms with E-state index in [-0.39, 0.29) is 25.7 Å². The van der Waals surface area contributed by atoms with Crippen LogP contribution in [0.25, 0.3) is 0 Å². The Kier molecular flexibility index (Phi) is 4.23. The summed E-state index contributed by atoms with van der Waals surface area (Å²) >= 11 is 0. The first-order chi connectivity index (χ1) is 7.97. The van der Waals surface area contributed by atoms with Gasteiger partial charge in [-0.15, -0.1) is 0 Å². The van der Waals surface area contributed by atoms with Crippen molar-refractivity contribution in [3.8, 4) is 0 Å². The molecule has 0 atom stereocenters. The first kappa shape index (κ1) is 15.6. The molecule has 4 nitrogen and oxygen atoms in total. The molecular formula is C8H12F5NO3S. The Hall–Kier alpha value is -0.480. The fraction of sp³-hybridized carbons (Fsp3) is 1.00. The Balaban J connectivity index is 2.77. The second-order valence-corrected chi connectivity index (χ2v) is 5.90. The van der Waals surface area contributed by atoms with Crippen LogP contribution in [0.5, 0.6) is 0 Å². The topological polar surface area (TPSA) is 66.4 Å². The highest BCUT2D eigenvalue weighted by Gasteiger charge is 2.67. The molecule has 1 saturated carbocycles. The highest BCUT2D eigenvalue weighted by molar-refractivity contribution is 7.90. The number of aliphatic hydroxyl groups excluding tert-OH is 1. The quantitative estimate of drug-likeness (QED) is 0.773. The summed E-state index contributed by atoms with van der Waals surface area (Å²) < 4.78 is 84.6. The Morgan fingerprint density at radius 2 is 1.44 bits per heavy atom. The average molecular weight is 297 g/mol. The minimum Gasteiger partial charge on any atom is -0.393 e. The van der Waals surface area contributed by atoms with Gasteiger partial charge in [0.05, 0.1) is 6.10 Å². The molecule has 108 valence electrons. The number of alkyl halides is 5. The van der Waals surface area contributed by atoms with Gasteiger partial charge in [0.2, 0.25) is 0 Å². The van der Waals surface area contributed by atoms with E-state index < -0.39 is 33.6 Å². The number of hydrogen-bond acceptors (Lipinski definition) is 3. The molecule has 0 bridgehead atoms. The number of aliphatic hydroxyl groups is 1. The van der Waals surface area contributed by atoms with Crippen molar-refractivity contribution in [2.75, 3.05) is 0 Å². The lowest BCUT2D eigenvalue weighted by molar-refractivity contribution is -0.241. The molecular weight excluding hydrogens is 285 g/mol. The van der Waals surface area contributed by atoms with Crippen molar-refractivity contribution < 1.29 is 35.5 Å². The molecule has 1 aliphatic carbocycles. The third kappa shape index (κ3) is 3.09. The van der Waals surface area contributed by atoms with E-state index in [0.717, 1.165) is 0 Å². The third-order valence-electron chi connectivity index (χ3n) is 2.69. The summed E-state index contributed by atoms with van der Waals surface area (Å²) in [6, 6.07) is -1.01. The lowest BCUT2D eigenvalue weighted by atomic mass is 9.94. The van der Waals surface area contributed by atoms with Gasteiger partial charge in [-0.2, -0.15) is 22.0 Å². The Morgan fingerprint density at radius 3 is 1.83 bits per heavy atom. The van der Waals surface area contributed by atoms with E-state index in [9.17, 15) is 30.4 Å². The third-order valence-corrected chi connectivity index (χ3v) is 4.24. The standard InChI is InChI=1S/C8H12F5NO3S/c9-7(10,11)8(12,13)18(16,17)14-5-1-3-6(15)4-2-5/h5-6,14-15H,1-4H2. The van der Waals surface area contributed by atoms with E-state index in [1.54, 1.807) is 0 Å². The van der Waals surface area contributed by atoms with Gasteiger partial charge in [0, 0.05) is 6.04 Å². The van der Waals surface area contributed by atoms with Crippen molar-refractivity contribution in [2.24, 2.45) is 0 Å². The summed E-state index contributed by atoms with van der Waals surface area (Å²) in [5, 5.41) is 3.29. The first-order valence-corrected chi connectivity index (χ1v) is 6.60. The molecule has 18 heavy (non-hydrogen) atoms. The highest BCUT2D eigenvalue weighted by Crippen LogP contribution is 2.39. The number of rotatable bonds is 3. The van der Waals surface area contributed by atoms with Crippen LogP contribution in [0, 0.1) is 0 Å². The predicted molar refractivity (Wildman–Crippen MR) is 51.3 cm³/mol. The van der Waals surface area contributed by atoms with Crippen molar-refractivity contribution in [1.82, 2.24) is 4.72 Å². The van der Waals surface area contributed by atoms with Gasteiger partial charge >= 0.3 is 11.4 Å². The molecule has 0 saturated heterocycles. The molecule has 1 fully saturated rings. The summed E-state index contributed by atoms with van der Waals surface area (Å²) in [5.74, 6) is 0. The zero-order valence-corrected chi connectivity index (χ0v) is 9.86. The van der Waals surface area contributed by atoms with Crippen LogP contribution in [0.4, 0.5) is 22.0 Å². The maximum absolute atomic E-state index is 12.7. The average Bonchev–Trinajstić information content (AvgIpc) is 2.19. The molecule has 10 heteroatoms. The van der Waals surface area contributed by atoms with Crippen LogP contribution < -0.4 is 4.72 Å². The monoisotopic (exact) mass is 297 g/mol. The summed E-state index contributed by atoms with van der Waals surface area (Å²) in [7, 11) is -5.82. The molecule has 0 aromatic carbocycles. The predicted octanol–water partition coefficient (Wildman–Crippen LogP) is 1.36. The molecule has 0 unspecified atom stereocenters. The van der Waals surface area contributed by atoms with Crippen molar-refractivity contribution >= 4 is 10.0 Å². The fourth-order valence-electron chi connectivity index (χ4n) is 1.64. The number of halogens is 5. The minimum atomic E-state index is -6.16. The van der Waals surface area contributed by atoms with E-state index in [4.69, 9.17) is 5.11 Å². The van der Waals surface area contributed by atoms with Gasteiger partial charge in [-0.3, -0.25) is 0 Å². The van der Waals surface area contributed by atoms with Crippen LogP contribution in [-0.2, 0) is 10.0 Å². The van der Waals surface area contributed by atoms with Crippen molar-refractivity contribution in [1.29, 1.82) is 0 Å². The van der Waals surface area contributed by atoms with Crippen LogP contribution in [0.1, 0.15) is 25.7 Å². The van der Waals surface area contributed by atoms with Crippen LogP contribution >= 0.6 is 0 Å². The molecule has 0 amide bonds. The maximum Gasteiger partial charge on any atom is 0.470 e. The zero-order chi connectivity index (χ0) is 14.2. The van der Waals surface area contributed by atoms with Gasteiger partial charge in [0.1, 0.15) is 0 Å². The van der Waals surface area contributed by atoms with E-state index in [0.29, 0.717) is 0 Å². The number of sulfonamides is 1. The summed E-state index contributed by atoms with van der Waals surface area (Å²) in [4.78, 5) is 0. The molecule has 0 heterocycles. The van der Waals surface area contributed by atoms with Crippen molar-refractivity contribution in [3.05, 3.63) is 0 Å². The summed E-state index contributed by atoms with van der Waals surface area (Å²) in [5.41, 5.74) is 0. The lowest BCUT2D eigenvalue weighted by Gasteiger charge is -2.28. The summed E-state index contributed by atoms with van der Waals surface area (Å²) in [6.07, 6.45) is -6.47. The lowest BCUT2D eigenvalue weighted by Crippen LogP contribution is -2.53. The normalized spacial score (nSPS) is 27.2. The SMILES string of the molecule is O=S(=O)(NC1CCC(O)CC1)C(F)(F)C(F)(F)F. The smallest absolute Gasteiger partial charge is 0.393 e. The van der Waals surface area contributed by atoms with Gasteiger partial charge in [-0.05, 0) is 25.7 Å². The molecule has 1 rings (SSSR count). The van der Waals surface area contributed by atoms with Crippen LogP contribution in [0.15, 0.2) is 0 Å². The second-order valence-electron chi connectivity index (χ2n) is 4.14. The Morgan fingerprint density at radius 1 is 1.00 bits per heavy atom. The van der Waals surface area contributed by atoms with Gasteiger partial charge in [0.25, 0.3) is 10.0 Å². The van der Waals surface area contributed by atoms with E-state index in [1.807, 2.05) is 0 Å². The fourth-order valence-corrected chi connectivity index (χ4v) is 2.77. The van der Waals surface area contributed by atoms with Crippen molar-refractivity contribution in [2.45, 2.75) is 49.3 Å². The number of nitrogens with one attached hydrogen (secondary N) is 1. The molecule has 0 spiro atoms. The van der Waals surface area contributed by atoms with Gasteiger partial charge in [0.15, 0.2) is 0 Å². The first-order valence-electron chi connectivity index (χ1n) is 5.12. The largest absolute Gasteiger partial charge is 0.470 e. The van der Waals surface area contributed by atoms with Gasteiger partial charge in [-0.25, -0.2) is 13.1 Å². The molecule has 0 aromatic heterocycles. The van der Waals surface area contributed by atoms with Gasteiger partial charge in [-0.1, -0.05) is 0 Å². The minimum absolute atomic E-state index is 0.0222. The van der Waals surface area contributed by atoms with E-state index in [2.05, 4.69) is 0 Å². The van der Waals surface area contributed by atoms with Crippen LogP contribution in [0.3, 0.4) is 0 Å². The van der Waals surface area contributed by atoms with E-state index >= 15 is 0 Å². The Bertz CT molecular complexity index is 386. The molecule has 0 aromatic rings. The molecule has 1 aliphatic rings. The van der Waals surface area contributed by atoms with Crippen LogP contribution in [-0.4, -0.2) is 37.1 Å². The van der Waals surface area contributed by atoms with Crippen molar-refractivity contribution in [3.63, 3.8) is 0 Å². The molecule has 2 N–H and O–H groups in total. The summed E-state index contributed by atoms with van der Waals surface area (Å²) in [6.45, 7) is 0. The van der Waals surface area contributed by atoms with E-state index in [1.165, 1.54) is 4.72 Å². The number of hydrogen-bond donors (Lipinski definition) is 2. The second kappa shape index (κ2) is 4.89. The molecule has 0 radical (unpaired) electrons. The highest BCUT2D eigenvalue weighted by atomic mass is 32.2.